The van der Waals surface area contributed by atoms with E-state index in [9.17, 15) is 0 Å². The van der Waals surface area contributed by atoms with Crippen molar-refractivity contribution in [3.05, 3.63) is 36.4 Å². The average molecular weight is 323 g/mol. The second kappa shape index (κ2) is 6.40. The molecule has 5 heteroatoms. The second-order valence-corrected chi connectivity index (χ2v) is 6.88. The fraction of sp³-hybridized carbons (Fsp3) is 0.474. The summed E-state index contributed by atoms with van der Waals surface area (Å²) in [5.41, 5.74) is 4.66. The van der Waals surface area contributed by atoms with Gasteiger partial charge in [0.15, 0.2) is 0 Å². The minimum Gasteiger partial charge on any atom is -0.346 e. The van der Waals surface area contributed by atoms with Gasteiger partial charge in [0.05, 0.1) is 6.20 Å². The van der Waals surface area contributed by atoms with Crippen LogP contribution >= 0.6 is 0 Å². The van der Waals surface area contributed by atoms with Gasteiger partial charge in [-0.15, -0.1) is 0 Å². The highest BCUT2D eigenvalue weighted by atomic mass is 15.2. The molecule has 4 rings (SSSR count). The number of hydrogen-bond acceptors (Lipinski definition) is 3. The minimum absolute atomic E-state index is 0.633. The lowest BCUT2D eigenvalue weighted by Gasteiger charge is -2.29. The first-order valence-electron chi connectivity index (χ1n) is 8.94. The molecule has 1 aliphatic carbocycles. The highest BCUT2D eigenvalue weighted by Crippen LogP contribution is 2.35. The van der Waals surface area contributed by atoms with Crippen molar-refractivity contribution in [2.75, 3.05) is 6.54 Å². The van der Waals surface area contributed by atoms with E-state index in [1.165, 1.54) is 42.2 Å². The predicted molar refractivity (Wildman–Crippen MR) is 97.0 cm³/mol. The maximum absolute atomic E-state index is 4.67. The number of hydrogen-bond donors (Lipinski definition) is 2. The van der Waals surface area contributed by atoms with Gasteiger partial charge in [-0.1, -0.05) is 6.92 Å². The third-order valence-corrected chi connectivity index (χ3v) is 5.26. The predicted octanol–water partition coefficient (Wildman–Crippen LogP) is 3.60. The second-order valence-electron chi connectivity index (χ2n) is 6.88. The molecule has 1 aliphatic rings. The van der Waals surface area contributed by atoms with Gasteiger partial charge in [0.1, 0.15) is 5.65 Å². The molecular weight excluding hydrogens is 298 g/mol. The Kier molecular flexibility index (Phi) is 4.10. The van der Waals surface area contributed by atoms with Gasteiger partial charge in [-0.25, -0.2) is 4.98 Å². The van der Waals surface area contributed by atoms with E-state index in [4.69, 9.17) is 0 Å². The van der Waals surface area contributed by atoms with Crippen LogP contribution in [0.15, 0.2) is 30.9 Å². The first-order chi connectivity index (χ1) is 11.7. The number of aromatic amines is 1. The third kappa shape index (κ3) is 2.84. The van der Waals surface area contributed by atoms with Crippen molar-refractivity contribution in [2.45, 2.75) is 44.6 Å². The Morgan fingerprint density at radius 1 is 1.25 bits per heavy atom. The summed E-state index contributed by atoms with van der Waals surface area (Å²) < 4.78 is 1.84. The van der Waals surface area contributed by atoms with Crippen LogP contribution in [0.2, 0.25) is 0 Å². The summed E-state index contributed by atoms with van der Waals surface area (Å²) in [6.45, 7) is 3.26. The quantitative estimate of drug-likeness (QED) is 0.771. The molecule has 1 fully saturated rings. The number of nitrogens with zero attached hydrogens (tertiary/aromatic N) is 3. The molecule has 3 aromatic rings. The molecule has 0 saturated heterocycles. The van der Waals surface area contributed by atoms with Gasteiger partial charge in [0, 0.05) is 48.2 Å². The number of H-pyrrole nitrogens is 1. The summed E-state index contributed by atoms with van der Waals surface area (Å²) in [5.74, 6) is 0.633. The van der Waals surface area contributed by atoms with Gasteiger partial charge < -0.3 is 10.3 Å². The number of aryl methyl sites for hydroxylation is 1. The summed E-state index contributed by atoms with van der Waals surface area (Å²) in [4.78, 5) is 7.96. The van der Waals surface area contributed by atoms with Gasteiger partial charge in [-0.05, 0) is 49.8 Å². The van der Waals surface area contributed by atoms with Gasteiger partial charge in [0.25, 0.3) is 0 Å². The van der Waals surface area contributed by atoms with E-state index in [-0.39, 0.29) is 0 Å². The molecule has 5 nitrogen and oxygen atoms in total. The summed E-state index contributed by atoms with van der Waals surface area (Å²) in [6, 6.07) is 3.03. The molecule has 3 aromatic heterocycles. The van der Waals surface area contributed by atoms with E-state index in [1.54, 1.807) is 0 Å². The van der Waals surface area contributed by atoms with Crippen LogP contribution in [-0.2, 0) is 7.05 Å². The first-order valence-corrected chi connectivity index (χ1v) is 8.94. The Labute approximate surface area is 142 Å². The van der Waals surface area contributed by atoms with Crippen molar-refractivity contribution in [1.82, 2.24) is 25.1 Å². The third-order valence-electron chi connectivity index (χ3n) is 5.26. The van der Waals surface area contributed by atoms with Crippen LogP contribution in [-0.4, -0.2) is 32.3 Å². The van der Waals surface area contributed by atoms with E-state index in [1.807, 2.05) is 24.1 Å². The molecule has 0 amide bonds. The Bertz CT molecular complexity index is 823. The van der Waals surface area contributed by atoms with Gasteiger partial charge in [-0.2, -0.15) is 5.10 Å². The molecule has 3 heterocycles. The SMILES string of the molecule is CCNC1CCC(c2cnc3[nH]cc(-c4cnn(C)c4)c3c2)CC1. The van der Waals surface area contributed by atoms with Crippen LogP contribution < -0.4 is 5.32 Å². The molecule has 0 spiro atoms. The van der Waals surface area contributed by atoms with Crippen molar-refractivity contribution in [2.24, 2.45) is 7.05 Å². The van der Waals surface area contributed by atoms with Crippen molar-refractivity contribution in [1.29, 1.82) is 0 Å². The lowest BCUT2D eigenvalue weighted by Crippen LogP contribution is -2.32. The van der Waals surface area contributed by atoms with Crippen molar-refractivity contribution in [3.8, 4) is 11.1 Å². The van der Waals surface area contributed by atoms with Crippen LogP contribution in [0.3, 0.4) is 0 Å². The molecule has 2 N–H and O–H groups in total. The monoisotopic (exact) mass is 323 g/mol. The van der Waals surface area contributed by atoms with Crippen LogP contribution in [0.25, 0.3) is 22.2 Å². The summed E-state index contributed by atoms with van der Waals surface area (Å²) in [6.07, 6.45) is 13.1. The van der Waals surface area contributed by atoms with Crippen LogP contribution in [0.5, 0.6) is 0 Å². The summed E-state index contributed by atoms with van der Waals surface area (Å²) >= 11 is 0. The number of rotatable bonds is 4. The smallest absolute Gasteiger partial charge is 0.137 e. The van der Waals surface area contributed by atoms with Crippen LogP contribution in [0.4, 0.5) is 0 Å². The topological polar surface area (TPSA) is 58.5 Å². The van der Waals surface area contributed by atoms with E-state index in [2.05, 4.69) is 45.8 Å². The fourth-order valence-electron chi connectivity index (χ4n) is 3.96. The number of fused-ring (bicyclic) bond motifs is 1. The zero-order valence-corrected chi connectivity index (χ0v) is 14.4. The normalized spacial score (nSPS) is 21.4. The largest absolute Gasteiger partial charge is 0.346 e. The number of nitrogens with one attached hydrogen (secondary N) is 2. The van der Waals surface area contributed by atoms with Gasteiger partial charge in [0.2, 0.25) is 0 Å². The standard InChI is InChI=1S/C19H25N5/c1-3-20-16-6-4-13(5-7-16)14-8-17-18(11-22-19(17)21-9-14)15-10-23-24(2)12-15/h8-13,16,20H,3-7H2,1-2H3,(H,21,22). The molecule has 0 atom stereocenters. The summed E-state index contributed by atoms with van der Waals surface area (Å²) in [7, 11) is 1.95. The molecule has 1 saturated carbocycles. The minimum atomic E-state index is 0.633. The maximum atomic E-state index is 4.67. The molecule has 0 bridgehead atoms. The molecule has 126 valence electrons. The number of aromatic nitrogens is 4. The zero-order chi connectivity index (χ0) is 16.5. The molecule has 24 heavy (non-hydrogen) atoms. The Hall–Kier alpha value is -2.14. The van der Waals surface area contributed by atoms with Crippen molar-refractivity contribution in [3.63, 3.8) is 0 Å². The Balaban J connectivity index is 1.61. The maximum Gasteiger partial charge on any atom is 0.137 e. The highest BCUT2D eigenvalue weighted by molar-refractivity contribution is 5.93. The van der Waals surface area contributed by atoms with E-state index in [0.29, 0.717) is 12.0 Å². The highest BCUT2D eigenvalue weighted by Gasteiger charge is 2.22. The van der Waals surface area contributed by atoms with Crippen LogP contribution in [0, 0.1) is 0 Å². The molecule has 0 unspecified atom stereocenters. The van der Waals surface area contributed by atoms with Gasteiger partial charge >= 0.3 is 0 Å². The molecular formula is C19H25N5. The fourth-order valence-corrected chi connectivity index (χ4v) is 3.96. The van der Waals surface area contributed by atoms with Crippen molar-refractivity contribution < 1.29 is 0 Å². The molecule has 0 aliphatic heterocycles. The van der Waals surface area contributed by atoms with Crippen LogP contribution in [0.1, 0.15) is 44.1 Å². The van der Waals surface area contributed by atoms with Gasteiger partial charge in [-0.3, -0.25) is 4.68 Å². The zero-order valence-electron chi connectivity index (χ0n) is 14.4. The van der Waals surface area contributed by atoms with E-state index < -0.39 is 0 Å². The summed E-state index contributed by atoms with van der Waals surface area (Å²) in [5, 5.41) is 9.08. The van der Waals surface area contributed by atoms with E-state index >= 15 is 0 Å². The molecule has 0 aromatic carbocycles. The Morgan fingerprint density at radius 2 is 2.08 bits per heavy atom. The average Bonchev–Trinajstić information content (AvgIpc) is 3.21. The number of pyridine rings is 1. The first kappa shape index (κ1) is 15.4. The molecule has 0 radical (unpaired) electrons. The van der Waals surface area contributed by atoms with E-state index in [0.717, 1.165) is 17.8 Å². The van der Waals surface area contributed by atoms with Crippen molar-refractivity contribution >= 4 is 11.0 Å². The lowest BCUT2D eigenvalue weighted by atomic mass is 9.82. The Morgan fingerprint density at radius 3 is 2.79 bits per heavy atom. The lowest BCUT2D eigenvalue weighted by molar-refractivity contribution is 0.347.